The monoisotopic (exact) mass is 282 g/mol. The lowest BCUT2D eigenvalue weighted by molar-refractivity contribution is 0.0239. The van der Waals surface area contributed by atoms with E-state index in [9.17, 15) is 4.79 Å². The Kier molecular flexibility index (Phi) is 3.91. The van der Waals surface area contributed by atoms with E-state index in [1.54, 1.807) is 7.11 Å². The molecule has 0 fully saturated rings. The molecule has 0 aromatic heterocycles. The maximum atomic E-state index is 12.0. The summed E-state index contributed by atoms with van der Waals surface area (Å²) in [5, 5.41) is 0. The molecule has 0 spiro atoms. The molecule has 0 amide bonds. The van der Waals surface area contributed by atoms with Crippen LogP contribution in [0.25, 0.3) is 0 Å². The van der Waals surface area contributed by atoms with Gasteiger partial charge in [0.15, 0.2) is 0 Å². The third-order valence-electron chi connectivity index (χ3n) is 3.87. The minimum atomic E-state index is -0.198. The van der Waals surface area contributed by atoms with E-state index < -0.39 is 0 Å². The summed E-state index contributed by atoms with van der Waals surface area (Å²) in [6.07, 6.45) is 2.50. The van der Waals surface area contributed by atoms with Gasteiger partial charge in [0.1, 0.15) is 11.9 Å². The molecule has 0 N–H and O–H groups in total. The van der Waals surface area contributed by atoms with Crippen molar-refractivity contribution in [1.29, 1.82) is 0 Å². The summed E-state index contributed by atoms with van der Waals surface area (Å²) in [6, 6.07) is 15.7. The normalized spacial score (nSPS) is 17.0. The first-order chi connectivity index (χ1) is 10.3. The first kappa shape index (κ1) is 13.7. The third-order valence-corrected chi connectivity index (χ3v) is 3.87. The van der Waals surface area contributed by atoms with Crippen LogP contribution in [-0.4, -0.2) is 19.2 Å². The lowest BCUT2D eigenvalue weighted by Gasteiger charge is -2.24. The van der Waals surface area contributed by atoms with E-state index in [0.717, 1.165) is 30.6 Å². The van der Waals surface area contributed by atoms with Crippen LogP contribution in [0, 0.1) is 0 Å². The second-order valence-electron chi connectivity index (χ2n) is 5.28. The number of aryl methyl sites for hydroxylation is 1. The first-order valence-corrected chi connectivity index (χ1v) is 7.18. The molecule has 1 atom stereocenters. The minimum absolute atomic E-state index is 0.0329. The summed E-state index contributed by atoms with van der Waals surface area (Å²) in [6.45, 7) is 0. The summed E-state index contributed by atoms with van der Waals surface area (Å²) in [7, 11) is 1.66. The van der Waals surface area contributed by atoms with Gasteiger partial charge in [-0.05, 0) is 42.2 Å². The molecule has 2 aromatic carbocycles. The van der Waals surface area contributed by atoms with Crippen molar-refractivity contribution in [1.82, 2.24) is 0 Å². The van der Waals surface area contributed by atoms with E-state index in [0.29, 0.717) is 5.56 Å². The van der Waals surface area contributed by atoms with Crippen molar-refractivity contribution >= 4 is 5.97 Å². The van der Waals surface area contributed by atoms with E-state index in [2.05, 4.69) is 12.1 Å². The van der Waals surface area contributed by atoms with Crippen molar-refractivity contribution in [3.63, 3.8) is 0 Å². The molecule has 3 heteroatoms. The minimum Gasteiger partial charge on any atom is -0.497 e. The van der Waals surface area contributed by atoms with E-state index in [-0.39, 0.29) is 12.1 Å². The molecular weight excluding hydrogens is 264 g/mol. The van der Waals surface area contributed by atoms with Crippen LogP contribution >= 0.6 is 0 Å². The van der Waals surface area contributed by atoms with E-state index in [4.69, 9.17) is 9.47 Å². The van der Waals surface area contributed by atoms with Gasteiger partial charge in [-0.25, -0.2) is 4.79 Å². The Balaban J connectivity index is 1.63. The average molecular weight is 282 g/mol. The Morgan fingerprint density at radius 2 is 1.90 bits per heavy atom. The van der Waals surface area contributed by atoms with Crippen LogP contribution in [0.5, 0.6) is 5.75 Å². The molecular formula is C18H18O3. The van der Waals surface area contributed by atoms with Crippen LogP contribution in [-0.2, 0) is 17.6 Å². The zero-order valence-corrected chi connectivity index (χ0v) is 12.0. The number of carbonyl (C=O) groups excluding carboxylic acids is 1. The van der Waals surface area contributed by atoms with Gasteiger partial charge in [-0.2, -0.15) is 0 Å². The van der Waals surface area contributed by atoms with E-state index >= 15 is 0 Å². The summed E-state index contributed by atoms with van der Waals surface area (Å²) in [4.78, 5) is 12.0. The van der Waals surface area contributed by atoms with Gasteiger partial charge in [0, 0.05) is 6.42 Å². The van der Waals surface area contributed by atoms with Gasteiger partial charge in [-0.1, -0.05) is 30.3 Å². The molecule has 2 aromatic rings. The first-order valence-electron chi connectivity index (χ1n) is 7.18. The molecule has 3 rings (SSSR count). The van der Waals surface area contributed by atoms with Gasteiger partial charge in [-0.3, -0.25) is 0 Å². The fourth-order valence-electron chi connectivity index (χ4n) is 2.68. The van der Waals surface area contributed by atoms with Crippen molar-refractivity contribution in [2.75, 3.05) is 7.11 Å². The molecule has 1 unspecified atom stereocenters. The Bertz CT molecular complexity index is 631. The van der Waals surface area contributed by atoms with Crippen LogP contribution in [0.2, 0.25) is 0 Å². The molecule has 1 aliphatic rings. The van der Waals surface area contributed by atoms with Gasteiger partial charge < -0.3 is 9.47 Å². The molecule has 0 saturated heterocycles. The van der Waals surface area contributed by atoms with Crippen LogP contribution in [0.1, 0.15) is 27.9 Å². The average Bonchev–Trinajstić information content (AvgIpc) is 2.53. The van der Waals surface area contributed by atoms with Crippen molar-refractivity contribution in [3.05, 3.63) is 65.2 Å². The Morgan fingerprint density at radius 3 is 2.67 bits per heavy atom. The fraction of sp³-hybridized carbons (Fsp3) is 0.278. The van der Waals surface area contributed by atoms with Crippen molar-refractivity contribution < 1.29 is 14.3 Å². The molecule has 0 bridgehead atoms. The largest absolute Gasteiger partial charge is 0.497 e. The Labute approximate surface area is 124 Å². The quantitative estimate of drug-likeness (QED) is 0.806. The number of cyclic esters (lactones) is 1. The molecule has 0 aliphatic carbocycles. The fourth-order valence-corrected chi connectivity index (χ4v) is 2.68. The second kappa shape index (κ2) is 6.00. The predicted molar refractivity (Wildman–Crippen MR) is 80.7 cm³/mol. The highest BCUT2D eigenvalue weighted by Crippen LogP contribution is 2.23. The molecule has 0 radical (unpaired) electrons. The Morgan fingerprint density at radius 1 is 1.14 bits per heavy atom. The smallest absolute Gasteiger partial charge is 0.338 e. The highest BCUT2D eigenvalue weighted by Gasteiger charge is 2.25. The lowest BCUT2D eigenvalue weighted by Crippen LogP contribution is -2.28. The molecule has 21 heavy (non-hydrogen) atoms. The van der Waals surface area contributed by atoms with Gasteiger partial charge >= 0.3 is 5.97 Å². The summed E-state index contributed by atoms with van der Waals surface area (Å²) in [5.41, 5.74) is 3.03. The summed E-state index contributed by atoms with van der Waals surface area (Å²) in [5.74, 6) is 0.661. The maximum Gasteiger partial charge on any atom is 0.338 e. The molecule has 1 aliphatic heterocycles. The van der Waals surface area contributed by atoms with Crippen molar-refractivity contribution in [2.45, 2.75) is 25.4 Å². The van der Waals surface area contributed by atoms with Gasteiger partial charge in [0.2, 0.25) is 0 Å². The topological polar surface area (TPSA) is 35.5 Å². The van der Waals surface area contributed by atoms with Crippen LogP contribution in [0.4, 0.5) is 0 Å². The standard InChI is InChI=1S/C18H18O3/c1-20-15-9-6-13(7-10-15)8-11-16-12-14-4-2-3-5-17(14)18(19)21-16/h2-7,9-10,16H,8,11-12H2,1H3. The number of benzene rings is 2. The molecule has 1 heterocycles. The third kappa shape index (κ3) is 3.07. The summed E-state index contributed by atoms with van der Waals surface area (Å²) < 4.78 is 10.7. The van der Waals surface area contributed by atoms with Crippen LogP contribution < -0.4 is 4.74 Å². The van der Waals surface area contributed by atoms with Crippen LogP contribution in [0.3, 0.4) is 0 Å². The lowest BCUT2D eigenvalue weighted by atomic mass is 9.95. The number of ether oxygens (including phenoxy) is 2. The Hall–Kier alpha value is -2.29. The maximum absolute atomic E-state index is 12.0. The molecule has 0 saturated carbocycles. The molecule has 3 nitrogen and oxygen atoms in total. The highest BCUT2D eigenvalue weighted by molar-refractivity contribution is 5.92. The number of rotatable bonds is 4. The highest BCUT2D eigenvalue weighted by atomic mass is 16.5. The van der Waals surface area contributed by atoms with Gasteiger partial charge in [0.05, 0.1) is 12.7 Å². The number of carbonyl (C=O) groups is 1. The number of fused-ring (bicyclic) bond motifs is 1. The number of hydrogen-bond donors (Lipinski definition) is 0. The number of hydrogen-bond acceptors (Lipinski definition) is 3. The number of methoxy groups -OCH3 is 1. The van der Waals surface area contributed by atoms with E-state index in [1.807, 2.05) is 36.4 Å². The second-order valence-corrected chi connectivity index (χ2v) is 5.28. The van der Waals surface area contributed by atoms with Gasteiger partial charge in [0.25, 0.3) is 0 Å². The van der Waals surface area contributed by atoms with Crippen molar-refractivity contribution in [3.8, 4) is 5.75 Å². The van der Waals surface area contributed by atoms with Crippen molar-refractivity contribution in [2.24, 2.45) is 0 Å². The zero-order chi connectivity index (χ0) is 14.7. The van der Waals surface area contributed by atoms with Gasteiger partial charge in [-0.15, -0.1) is 0 Å². The van der Waals surface area contributed by atoms with Crippen LogP contribution in [0.15, 0.2) is 48.5 Å². The van der Waals surface area contributed by atoms with E-state index in [1.165, 1.54) is 5.56 Å². The zero-order valence-electron chi connectivity index (χ0n) is 12.0. The SMILES string of the molecule is COc1ccc(CCC2Cc3ccccc3C(=O)O2)cc1. The molecule has 108 valence electrons. The summed E-state index contributed by atoms with van der Waals surface area (Å²) >= 11 is 0. The number of esters is 1. The predicted octanol–water partition coefficient (Wildman–Crippen LogP) is 3.41.